The molecule has 5 nitrogen and oxygen atoms in total. The number of aromatic hydroxyl groups is 1. The van der Waals surface area contributed by atoms with Gasteiger partial charge in [0.1, 0.15) is 5.75 Å². The van der Waals surface area contributed by atoms with Crippen LogP contribution in [0.15, 0.2) is 12.1 Å². The normalized spacial score (nSPS) is 16.6. The molecule has 0 aliphatic carbocycles. The average molecular weight is 263 g/mol. The molecule has 1 atom stereocenters. The van der Waals surface area contributed by atoms with Gasteiger partial charge in [-0.2, -0.15) is 0 Å². The van der Waals surface area contributed by atoms with Crippen LogP contribution in [-0.4, -0.2) is 40.0 Å². The Morgan fingerprint density at radius 3 is 2.84 bits per heavy atom. The summed E-state index contributed by atoms with van der Waals surface area (Å²) in [6, 6.07) is 3.14. The van der Waals surface area contributed by atoms with E-state index in [1.165, 1.54) is 0 Å². The molecule has 1 aliphatic heterocycles. The first-order chi connectivity index (χ1) is 9.08. The molecule has 104 valence electrons. The van der Waals surface area contributed by atoms with Gasteiger partial charge in [-0.25, -0.2) is 0 Å². The minimum atomic E-state index is -0.250. The first-order valence-electron chi connectivity index (χ1n) is 6.75. The SMILES string of the molecule is Cc1ccc(O)c(CNC(C)C(=O)N2CCCC2)n1. The van der Waals surface area contributed by atoms with Gasteiger partial charge in [0.15, 0.2) is 0 Å². The summed E-state index contributed by atoms with van der Waals surface area (Å²) in [7, 11) is 0. The summed E-state index contributed by atoms with van der Waals surface area (Å²) in [5.74, 6) is 0.295. The lowest BCUT2D eigenvalue weighted by Crippen LogP contribution is -2.43. The summed E-state index contributed by atoms with van der Waals surface area (Å²) in [6.45, 7) is 5.85. The minimum absolute atomic E-state index is 0.129. The number of nitrogens with zero attached hydrogens (tertiary/aromatic N) is 2. The molecule has 0 aromatic carbocycles. The second-order valence-corrected chi connectivity index (χ2v) is 5.05. The van der Waals surface area contributed by atoms with Gasteiger partial charge in [0, 0.05) is 25.3 Å². The number of nitrogens with one attached hydrogen (secondary N) is 1. The Bertz CT molecular complexity index is 456. The molecule has 1 aromatic rings. The van der Waals surface area contributed by atoms with Gasteiger partial charge < -0.3 is 15.3 Å². The first kappa shape index (κ1) is 13.8. The number of aryl methyl sites for hydroxylation is 1. The van der Waals surface area contributed by atoms with Crippen LogP contribution in [0.1, 0.15) is 31.2 Å². The van der Waals surface area contributed by atoms with Gasteiger partial charge in [0.25, 0.3) is 0 Å². The van der Waals surface area contributed by atoms with Crippen molar-refractivity contribution in [2.24, 2.45) is 0 Å². The summed E-state index contributed by atoms with van der Waals surface area (Å²) in [5.41, 5.74) is 1.44. The van der Waals surface area contributed by atoms with Gasteiger partial charge in [-0.1, -0.05) is 0 Å². The van der Waals surface area contributed by atoms with Crippen LogP contribution in [0, 0.1) is 6.92 Å². The number of hydrogen-bond acceptors (Lipinski definition) is 4. The molecule has 0 radical (unpaired) electrons. The second kappa shape index (κ2) is 6.02. The maximum Gasteiger partial charge on any atom is 0.239 e. The highest BCUT2D eigenvalue weighted by atomic mass is 16.3. The predicted molar refractivity (Wildman–Crippen MR) is 72.8 cm³/mol. The maximum atomic E-state index is 12.1. The van der Waals surface area contributed by atoms with Crippen molar-refractivity contribution in [2.45, 2.75) is 39.3 Å². The zero-order valence-corrected chi connectivity index (χ0v) is 11.5. The van der Waals surface area contributed by atoms with E-state index in [1.54, 1.807) is 12.1 Å². The number of amides is 1. The largest absolute Gasteiger partial charge is 0.506 e. The molecule has 2 heterocycles. The molecule has 1 aliphatic rings. The van der Waals surface area contributed by atoms with Crippen molar-refractivity contribution in [3.8, 4) is 5.75 Å². The van der Waals surface area contributed by atoms with Crippen LogP contribution in [0.4, 0.5) is 0 Å². The van der Waals surface area contributed by atoms with Crippen LogP contribution in [-0.2, 0) is 11.3 Å². The first-order valence-corrected chi connectivity index (χ1v) is 6.75. The van der Waals surface area contributed by atoms with Crippen molar-refractivity contribution in [1.29, 1.82) is 0 Å². The van der Waals surface area contributed by atoms with E-state index in [2.05, 4.69) is 10.3 Å². The molecule has 5 heteroatoms. The highest BCUT2D eigenvalue weighted by molar-refractivity contribution is 5.81. The Kier molecular flexibility index (Phi) is 4.37. The molecule has 2 rings (SSSR count). The van der Waals surface area contributed by atoms with Gasteiger partial charge in [0.05, 0.1) is 11.7 Å². The van der Waals surface area contributed by atoms with Crippen LogP contribution in [0.5, 0.6) is 5.75 Å². The Morgan fingerprint density at radius 1 is 1.47 bits per heavy atom. The standard InChI is InChI=1S/C14H21N3O2/c1-10-5-6-13(18)12(16-10)9-15-11(2)14(19)17-7-3-4-8-17/h5-6,11,15,18H,3-4,7-9H2,1-2H3. The quantitative estimate of drug-likeness (QED) is 0.856. The number of carbonyl (C=O) groups excluding carboxylic acids is 1. The Balaban J connectivity index is 1.90. The lowest BCUT2D eigenvalue weighted by atomic mass is 10.2. The van der Waals surface area contributed by atoms with E-state index < -0.39 is 0 Å². The molecule has 1 fully saturated rings. The lowest BCUT2D eigenvalue weighted by Gasteiger charge is -2.21. The van der Waals surface area contributed by atoms with E-state index in [4.69, 9.17) is 0 Å². The average Bonchev–Trinajstić information content (AvgIpc) is 2.92. The summed E-state index contributed by atoms with van der Waals surface area (Å²) < 4.78 is 0. The molecule has 1 saturated heterocycles. The zero-order valence-electron chi connectivity index (χ0n) is 11.5. The molecular formula is C14H21N3O2. The van der Waals surface area contributed by atoms with Crippen LogP contribution in [0.3, 0.4) is 0 Å². The van der Waals surface area contributed by atoms with E-state index in [-0.39, 0.29) is 17.7 Å². The number of rotatable bonds is 4. The molecule has 0 saturated carbocycles. The highest BCUT2D eigenvalue weighted by Gasteiger charge is 2.22. The minimum Gasteiger partial charge on any atom is -0.506 e. The molecule has 1 amide bonds. The fourth-order valence-corrected chi connectivity index (χ4v) is 2.28. The Hall–Kier alpha value is -1.62. The number of pyridine rings is 1. The van der Waals surface area contributed by atoms with Crippen LogP contribution < -0.4 is 5.32 Å². The second-order valence-electron chi connectivity index (χ2n) is 5.05. The monoisotopic (exact) mass is 263 g/mol. The van der Waals surface area contributed by atoms with Gasteiger partial charge >= 0.3 is 0 Å². The summed E-state index contributed by atoms with van der Waals surface area (Å²) in [4.78, 5) is 18.3. The van der Waals surface area contributed by atoms with E-state index in [9.17, 15) is 9.90 Å². The third kappa shape index (κ3) is 3.44. The number of hydrogen-bond donors (Lipinski definition) is 2. The fourth-order valence-electron chi connectivity index (χ4n) is 2.28. The Labute approximate surface area is 113 Å². The van der Waals surface area contributed by atoms with Crippen molar-refractivity contribution in [3.05, 3.63) is 23.5 Å². The molecule has 0 spiro atoms. The highest BCUT2D eigenvalue weighted by Crippen LogP contribution is 2.15. The van der Waals surface area contributed by atoms with Crippen molar-refractivity contribution in [2.75, 3.05) is 13.1 Å². The maximum absolute atomic E-state index is 12.1. The van der Waals surface area contributed by atoms with Crippen molar-refractivity contribution < 1.29 is 9.90 Å². The molecule has 1 unspecified atom stereocenters. The zero-order chi connectivity index (χ0) is 13.8. The topological polar surface area (TPSA) is 65.5 Å². The third-order valence-electron chi connectivity index (χ3n) is 3.45. The van der Waals surface area contributed by atoms with Crippen molar-refractivity contribution >= 4 is 5.91 Å². The van der Waals surface area contributed by atoms with E-state index >= 15 is 0 Å². The summed E-state index contributed by atoms with van der Waals surface area (Å²) in [5, 5.41) is 12.8. The molecule has 1 aromatic heterocycles. The van der Waals surface area contributed by atoms with Crippen LogP contribution >= 0.6 is 0 Å². The third-order valence-corrected chi connectivity index (χ3v) is 3.45. The van der Waals surface area contributed by atoms with Crippen LogP contribution in [0.2, 0.25) is 0 Å². The molecule has 0 bridgehead atoms. The van der Waals surface area contributed by atoms with Gasteiger partial charge in [0.2, 0.25) is 5.91 Å². The Morgan fingerprint density at radius 2 is 2.16 bits per heavy atom. The molecular weight excluding hydrogens is 242 g/mol. The summed E-state index contributed by atoms with van der Waals surface area (Å²) in [6.07, 6.45) is 2.19. The fraction of sp³-hybridized carbons (Fsp3) is 0.571. The van der Waals surface area contributed by atoms with Crippen molar-refractivity contribution in [3.63, 3.8) is 0 Å². The van der Waals surface area contributed by atoms with Gasteiger partial charge in [-0.15, -0.1) is 0 Å². The smallest absolute Gasteiger partial charge is 0.239 e. The summed E-state index contributed by atoms with van der Waals surface area (Å²) >= 11 is 0. The van der Waals surface area contributed by atoms with E-state index in [0.29, 0.717) is 12.2 Å². The molecule has 19 heavy (non-hydrogen) atoms. The number of carbonyl (C=O) groups is 1. The lowest BCUT2D eigenvalue weighted by molar-refractivity contribution is -0.132. The van der Waals surface area contributed by atoms with E-state index in [0.717, 1.165) is 31.6 Å². The number of aromatic nitrogens is 1. The van der Waals surface area contributed by atoms with Crippen LogP contribution in [0.25, 0.3) is 0 Å². The molecule has 2 N–H and O–H groups in total. The van der Waals surface area contributed by atoms with E-state index in [1.807, 2.05) is 18.7 Å². The van der Waals surface area contributed by atoms with Gasteiger partial charge in [-0.05, 0) is 38.8 Å². The predicted octanol–water partition coefficient (Wildman–Crippen LogP) is 1.20. The van der Waals surface area contributed by atoms with Gasteiger partial charge in [-0.3, -0.25) is 9.78 Å². The number of likely N-dealkylation sites (tertiary alicyclic amines) is 1. The van der Waals surface area contributed by atoms with Crippen molar-refractivity contribution in [1.82, 2.24) is 15.2 Å².